The average Bonchev–Trinajstić information content (AvgIpc) is 2.51. The number of benzene rings is 2. The first kappa shape index (κ1) is 13.7. The number of esters is 1. The van der Waals surface area contributed by atoms with Gasteiger partial charge in [-0.25, -0.2) is 4.79 Å². The van der Waals surface area contributed by atoms with E-state index in [9.17, 15) is 4.79 Å². The Balaban J connectivity index is 1.75. The number of ether oxygens (including phenoxy) is 1. The zero-order chi connectivity index (χ0) is 15.5. The lowest BCUT2D eigenvalue weighted by atomic mass is 10.1. The summed E-state index contributed by atoms with van der Waals surface area (Å²) in [5.41, 5.74) is 11.4. The van der Waals surface area contributed by atoms with E-state index in [-0.39, 0.29) is 24.3 Å². The fraction of sp³-hybridized carbons (Fsp3) is 0.0667. The van der Waals surface area contributed by atoms with Crippen molar-refractivity contribution >= 4 is 28.6 Å². The molecule has 4 N–H and O–H groups in total. The Morgan fingerprint density at radius 1 is 0.955 bits per heavy atom. The molecular weight excluding hydrogens is 282 g/mol. The van der Waals surface area contributed by atoms with E-state index in [1.165, 1.54) is 0 Å². The van der Waals surface area contributed by atoms with Gasteiger partial charge in [-0.05, 0) is 22.9 Å². The average molecular weight is 295 g/mol. The molecule has 0 atom stereocenters. The van der Waals surface area contributed by atoms with E-state index in [0.717, 1.165) is 10.8 Å². The number of hydrogen-bond acceptors (Lipinski definition) is 7. The van der Waals surface area contributed by atoms with Crippen molar-refractivity contribution in [2.75, 3.05) is 11.5 Å². The summed E-state index contributed by atoms with van der Waals surface area (Å²) in [7, 11) is 0. The molecule has 0 aliphatic rings. The standard InChI is InChI=1S/C15H13N5O2/c16-14-18-12(19-15(17)20-14)8-22-13(21)11-6-5-9-3-1-2-4-10(9)7-11/h1-7H,8H2,(H4,16,17,18,19,20). The molecule has 110 valence electrons. The van der Waals surface area contributed by atoms with Crippen molar-refractivity contribution in [1.82, 2.24) is 15.0 Å². The number of rotatable bonds is 3. The Bertz CT molecular complexity index is 830. The number of anilines is 2. The minimum Gasteiger partial charge on any atom is -0.454 e. The van der Waals surface area contributed by atoms with Crippen LogP contribution in [-0.4, -0.2) is 20.9 Å². The normalized spacial score (nSPS) is 10.5. The number of carbonyl (C=O) groups excluding carboxylic acids is 1. The summed E-state index contributed by atoms with van der Waals surface area (Å²) in [5.74, 6) is -0.282. The zero-order valence-corrected chi connectivity index (χ0v) is 11.6. The Morgan fingerprint density at radius 3 is 2.36 bits per heavy atom. The summed E-state index contributed by atoms with van der Waals surface area (Å²) in [6.45, 7) is -0.122. The molecule has 3 aromatic rings. The lowest BCUT2D eigenvalue weighted by Crippen LogP contribution is -2.11. The van der Waals surface area contributed by atoms with Crippen molar-refractivity contribution in [3.8, 4) is 0 Å². The Labute approximate surface area is 126 Å². The van der Waals surface area contributed by atoms with Crippen LogP contribution < -0.4 is 11.5 Å². The predicted molar refractivity (Wildman–Crippen MR) is 81.7 cm³/mol. The Hall–Kier alpha value is -3.22. The number of aromatic nitrogens is 3. The molecule has 0 unspecified atom stereocenters. The van der Waals surface area contributed by atoms with Crippen LogP contribution in [0.5, 0.6) is 0 Å². The molecule has 0 aliphatic heterocycles. The molecule has 1 heterocycles. The lowest BCUT2D eigenvalue weighted by Gasteiger charge is -2.06. The topological polar surface area (TPSA) is 117 Å². The van der Waals surface area contributed by atoms with E-state index in [1.54, 1.807) is 12.1 Å². The van der Waals surface area contributed by atoms with Gasteiger partial charge in [0.2, 0.25) is 11.9 Å². The number of carbonyl (C=O) groups is 1. The summed E-state index contributed by atoms with van der Waals surface area (Å²) in [4.78, 5) is 23.4. The van der Waals surface area contributed by atoms with Gasteiger partial charge >= 0.3 is 5.97 Å². The van der Waals surface area contributed by atoms with Crippen LogP contribution in [0.2, 0.25) is 0 Å². The molecule has 0 aliphatic carbocycles. The van der Waals surface area contributed by atoms with Gasteiger partial charge in [-0.2, -0.15) is 15.0 Å². The van der Waals surface area contributed by atoms with Crippen LogP contribution in [0.1, 0.15) is 16.2 Å². The first-order chi connectivity index (χ1) is 10.6. The highest BCUT2D eigenvalue weighted by molar-refractivity contribution is 5.95. The molecule has 2 aromatic carbocycles. The monoisotopic (exact) mass is 295 g/mol. The molecule has 0 bridgehead atoms. The van der Waals surface area contributed by atoms with Crippen LogP contribution in [0.15, 0.2) is 42.5 Å². The van der Waals surface area contributed by atoms with Crippen molar-refractivity contribution in [1.29, 1.82) is 0 Å². The minimum absolute atomic E-state index is 0.00995. The quantitative estimate of drug-likeness (QED) is 0.704. The summed E-state index contributed by atoms with van der Waals surface area (Å²) in [6, 6.07) is 13.1. The highest BCUT2D eigenvalue weighted by Gasteiger charge is 2.10. The second-order valence-electron chi connectivity index (χ2n) is 4.61. The summed E-state index contributed by atoms with van der Waals surface area (Å²) < 4.78 is 5.17. The van der Waals surface area contributed by atoms with Gasteiger partial charge in [-0.1, -0.05) is 30.3 Å². The molecule has 0 spiro atoms. The lowest BCUT2D eigenvalue weighted by molar-refractivity contribution is 0.0462. The van der Waals surface area contributed by atoms with Crippen molar-refractivity contribution in [3.05, 3.63) is 53.9 Å². The third kappa shape index (κ3) is 2.93. The van der Waals surface area contributed by atoms with Crippen LogP contribution in [0.25, 0.3) is 10.8 Å². The van der Waals surface area contributed by atoms with E-state index in [0.29, 0.717) is 5.56 Å². The van der Waals surface area contributed by atoms with Gasteiger partial charge in [0.1, 0.15) is 0 Å². The van der Waals surface area contributed by atoms with Gasteiger partial charge in [0.15, 0.2) is 12.4 Å². The highest BCUT2D eigenvalue weighted by atomic mass is 16.5. The fourth-order valence-corrected chi connectivity index (χ4v) is 2.05. The molecule has 7 nitrogen and oxygen atoms in total. The van der Waals surface area contributed by atoms with E-state index in [2.05, 4.69) is 15.0 Å². The molecule has 1 aromatic heterocycles. The number of hydrogen-bond donors (Lipinski definition) is 2. The highest BCUT2D eigenvalue weighted by Crippen LogP contribution is 2.16. The van der Waals surface area contributed by atoms with Gasteiger partial charge in [0.25, 0.3) is 0 Å². The van der Waals surface area contributed by atoms with E-state index in [4.69, 9.17) is 16.2 Å². The number of nitrogen functional groups attached to an aromatic ring is 2. The molecule has 22 heavy (non-hydrogen) atoms. The smallest absolute Gasteiger partial charge is 0.338 e. The van der Waals surface area contributed by atoms with Crippen LogP contribution in [0.4, 0.5) is 11.9 Å². The minimum atomic E-state index is -0.469. The molecule has 0 saturated carbocycles. The van der Waals surface area contributed by atoms with Gasteiger partial charge in [-0.3, -0.25) is 0 Å². The van der Waals surface area contributed by atoms with Crippen molar-refractivity contribution in [2.45, 2.75) is 6.61 Å². The third-order valence-corrected chi connectivity index (χ3v) is 3.03. The summed E-state index contributed by atoms with van der Waals surface area (Å²) >= 11 is 0. The Morgan fingerprint density at radius 2 is 1.64 bits per heavy atom. The van der Waals surface area contributed by atoms with Crippen LogP contribution in [0.3, 0.4) is 0 Å². The molecule has 0 saturated heterocycles. The second-order valence-corrected chi connectivity index (χ2v) is 4.61. The molecular formula is C15H13N5O2. The van der Waals surface area contributed by atoms with Gasteiger partial charge in [0, 0.05) is 0 Å². The molecule has 0 radical (unpaired) electrons. The van der Waals surface area contributed by atoms with Crippen molar-refractivity contribution < 1.29 is 9.53 Å². The maximum absolute atomic E-state index is 12.1. The first-order valence-electron chi connectivity index (χ1n) is 6.53. The van der Waals surface area contributed by atoms with E-state index < -0.39 is 5.97 Å². The van der Waals surface area contributed by atoms with E-state index >= 15 is 0 Å². The molecule has 0 fully saturated rings. The maximum Gasteiger partial charge on any atom is 0.338 e. The van der Waals surface area contributed by atoms with Crippen LogP contribution >= 0.6 is 0 Å². The first-order valence-corrected chi connectivity index (χ1v) is 6.53. The largest absolute Gasteiger partial charge is 0.454 e. The molecule has 0 amide bonds. The van der Waals surface area contributed by atoms with Crippen molar-refractivity contribution in [2.24, 2.45) is 0 Å². The number of nitrogens with two attached hydrogens (primary N) is 2. The molecule has 3 rings (SSSR count). The number of nitrogens with zero attached hydrogens (tertiary/aromatic N) is 3. The van der Waals surface area contributed by atoms with Gasteiger partial charge < -0.3 is 16.2 Å². The van der Waals surface area contributed by atoms with E-state index in [1.807, 2.05) is 30.3 Å². The van der Waals surface area contributed by atoms with Crippen LogP contribution in [-0.2, 0) is 11.3 Å². The SMILES string of the molecule is Nc1nc(N)nc(COC(=O)c2ccc3ccccc3c2)n1. The summed E-state index contributed by atoms with van der Waals surface area (Å²) in [6.07, 6.45) is 0. The van der Waals surface area contributed by atoms with Gasteiger partial charge in [0.05, 0.1) is 5.56 Å². The van der Waals surface area contributed by atoms with Gasteiger partial charge in [-0.15, -0.1) is 0 Å². The zero-order valence-electron chi connectivity index (χ0n) is 11.6. The summed E-state index contributed by atoms with van der Waals surface area (Å²) in [5, 5.41) is 2.02. The Kier molecular flexibility index (Phi) is 3.53. The fourth-order valence-electron chi connectivity index (χ4n) is 2.05. The van der Waals surface area contributed by atoms with Crippen LogP contribution in [0, 0.1) is 0 Å². The maximum atomic E-state index is 12.1. The second kappa shape index (κ2) is 5.65. The van der Waals surface area contributed by atoms with Crippen molar-refractivity contribution in [3.63, 3.8) is 0 Å². The predicted octanol–water partition coefficient (Wildman–Crippen LogP) is 1.55. The molecule has 7 heteroatoms. The number of fused-ring (bicyclic) bond motifs is 1. The third-order valence-electron chi connectivity index (χ3n) is 3.03.